The summed E-state index contributed by atoms with van der Waals surface area (Å²) in [5.74, 6) is 0.452. The number of ether oxygens (including phenoxy) is 1. The Morgan fingerprint density at radius 2 is 2.50 bits per heavy atom. The SMILES string of the molecule is NC(c1cccnc1)C1CCCOC1. The van der Waals surface area contributed by atoms with Gasteiger partial charge in [0.1, 0.15) is 0 Å². The van der Waals surface area contributed by atoms with Gasteiger partial charge in [-0.2, -0.15) is 0 Å². The fraction of sp³-hybridized carbons (Fsp3) is 0.545. The average Bonchev–Trinajstić information content (AvgIpc) is 2.30. The molecule has 0 aliphatic carbocycles. The van der Waals surface area contributed by atoms with Gasteiger partial charge in [0, 0.05) is 31.0 Å². The maximum Gasteiger partial charge on any atom is 0.0512 e. The molecule has 0 amide bonds. The van der Waals surface area contributed by atoms with Crippen molar-refractivity contribution in [3.05, 3.63) is 30.1 Å². The lowest BCUT2D eigenvalue weighted by Crippen LogP contribution is -2.29. The van der Waals surface area contributed by atoms with E-state index in [0.29, 0.717) is 5.92 Å². The lowest BCUT2D eigenvalue weighted by atomic mass is 9.90. The third kappa shape index (κ3) is 2.11. The van der Waals surface area contributed by atoms with Gasteiger partial charge >= 0.3 is 0 Å². The van der Waals surface area contributed by atoms with Crippen molar-refractivity contribution in [1.82, 2.24) is 4.98 Å². The van der Waals surface area contributed by atoms with E-state index in [0.717, 1.165) is 31.6 Å². The molecule has 0 saturated carbocycles. The van der Waals surface area contributed by atoms with E-state index >= 15 is 0 Å². The molecule has 2 rings (SSSR count). The quantitative estimate of drug-likeness (QED) is 0.772. The van der Waals surface area contributed by atoms with Crippen LogP contribution in [0.1, 0.15) is 24.4 Å². The van der Waals surface area contributed by atoms with Crippen molar-refractivity contribution >= 4 is 0 Å². The van der Waals surface area contributed by atoms with Gasteiger partial charge in [-0.3, -0.25) is 4.98 Å². The summed E-state index contributed by atoms with van der Waals surface area (Å²) in [5, 5.41) is 0. The summed E-state index contributed by atoms with van der Waals surface area (Å²) >= 11 is 0. The topological polar surface area (TPSA) is 48.1 Å². The van der Waals surface area contributed by atoms with Crippen LogP contribution in [0.25, 0.3) is 0 Å². The van der Waals surface area contributed by atoms with Crippen LogP contribution < -0.4 is 5.73 Å². The standard InChI is InChI=1S/C11H16N2O/c12-11(9-3-1-5-13-7-9)10-4-2-6-14-8-10/h1,3,5,7,10-11H,2,4,6,8,12H2. The molecule has 1 saturated heterocycles. The summed E-state index contributed by atoms with van der Waals surface area (Å²) in [6.45, 7) is 1.67. The van der Waals surface area contributed by atoms with E-state index in [2.05, 4.69) is 4.98 Å². The first kappa shape index (κ1) is 9.62. The molecule has 3 nitrogen and oxygen atoms in total. The molecule has 1 aliphatic rings. The van der Waals surface area contributed by atoms with E-state index in [1.165, 1.54) is 0 Å². The number of pyridine rings is 1. The molecule has 0 spiro atoms. The first-order chi connectivity index (χ1) is 6.88. The third-order valence-electron chi connectivity index (χ3n) is 2.77. The summed E-state index contributed by atoms with van der Waals surface area (Å²) in [6, 6.07) is 4.04. The van der Waals surface area contributed by atoms with Gasteiger partial charge < -0.3 is 10.5 Å². The molecule has 2 atom stereocenters. The molecule has 0 bridgehead atoms. The zero-order valence-electron chi connectivity index (χ0n) is 8.23. The van der Waals surface area contributed by atoms with Crippen molar-refractivity contribution < 1.29 is 4.74 Å². The van der Waals surface area contributed by atoms with Gasteiger partial charge in [0.05, 0.1) is 6.61 Å². The highest BCUT2D eigenvalue weighted by molar-refractivity contribution is 5.14. The van der Waals surface area contributed by atoms with E-state index in [1.807, 2.05) is 18.3 Å². The molecule has 0 radical (unpaired) electrons. The van der Waals surface area contributed by atoms with Gasteiger partial charge in [-0.15, -0.1) is 0 Å². The van der Waals surface area contributed by atoms with Crippen molar-refractivity contribution in [2.75, 3.05) is 13.2 Å². The highest BCUT2D eigenvalue weighted by Crippen LogP contribution is 2.25. The maximum absolute atomic E-state index is 6.15. The molecule has 1 aliphatic heterocycles. The highest BCUT2D eigenvalue weighted by atomic mass is 16.5. The summed E-state index contributed by atoms with van der Waals surface area (Å²) < 4.78 is 5.42. The second kappa shape index (κ2) is 4.53. The first-order valence-corrected chi connectivity index (χ1v) is 5.11. The van der Waals surface area contributed by atoms with Crippen molar-refractivity contribution in [2.24, 2.45) is 11.7 Å². The van der Waals surface area contributed by atoms with Gasteiger partial charge in [0.2, 0.25) is 0 Å². The van der Waals surface area contributed by atoms with Crippen LogP contribution in [0.4, 0.5) is 0 Å². The van der Waals surface area contributed by atoms with Gasteiger partial charge in [0.25, 0.3) is 0 Å². The number of nitrogens with two attached hydrogens (primary N) is 1. The van der Waals surface area contributed by atoms with E-state index in [-0.39, 0.29) is 6.04 Å². The van der Waals surface area contributed by atoms with Gasteiger partial charge in [-0.05, 0) is 24.5 Å². The van der Waals surface area contributed by atoms with E-state index in [9.17, 15) is 0 Å². The third-order valence-corrected chi connectivity index (χ3v) is 2.77. The van der Waals surface area contributed by atoms with Crippen LogP contribution in [0.5, 0.6) is 0 Å². The molecule has 1 aromatic heterocycles. The fourth-order valence-electron chi connectivity index (χ4n) is 1.89. The van der Waals surface area contributed by atoms with Crippen LogP contribution in [0, 0.1) is 5.92 Å². The normalized spacial score (nSPS) is 24.5. The van der Waals surface area contributed by atoms with Crippen molar-refractivity contribution in [3.8, 4) is 0 Å². The highest BCUT2D eigenvalue weighted by Gasteiger charge is 2.22. The second-order valence-electron chi connectivity index (χ2n) is 3.79. The van der Waals surface area contributed by atoms with Crippen molar-refractivity contribution in [3.63, 3.8) is 0 Å². The van der Waals surface area contributed by atoms with Crippen LogP contribution in [0.3, 0.4) is 0 Å². The lowest BCUT2D eigenvalue weighted by molar-refractivity contribution is 0.0447. The number of nitrogens with zero attached hydrogens (tertiary/aromatic N) is 1. The smallest absolute Gasteiger partial charge is 0.0512 e. The Kier molecular flexibility index (Phi) is 3.11. The second-order valence-corrected chi connectivity index (χ2v) is 3.79. The summed E-state index contributed by atoms with van der Waals surface area (Å²) in [5.41, 5.74) is 7.26. The summed E-state index contributed by atoms with van der Waals surface area (Å²) in [7, 11) is 0. The van der Waals surface area contributed by atoms with Crippen molar-refractivity contribution in [2.45, 2.75) is 18.9 Å². The predicted octanol–water partition coefficient (Wildman–Crippen LogP) is 1.51. The Balaban J connectivity index is 2.03. The molecular weight excluding hydrogens is 176 g/mol. The molecule has 76 valence electrons. The minimum atomic E-state index is 0.0731. The Morgan fingerprint density at radius 1 is 1.57 bits per heavy atom. The summed E-state index contributed by atoms with van der Waals surface area (Å²) in [6.07, 6.45) is 5.90. The summed E-state index contributed by atoms with van der Waals surface area (Å²) in [4.78, 5) is 4.08. The minimum absolute atomic E-state index is 0.0731. The number of hydrogen-bond donors (Lipinski definition) is 1. The van der Waals surface area contributed by atoms with Gasteiger partial charge in [-0.1, -0.05) is 6.07 Å². The van der Waals surface area contributed by atoms with Crippen LogP contribution in [-0.4, -0.2) is 18.2 Å². The minimum Gasteiger partial charge on any atom is -0.381 e. The zero-order valence-corrected chi connectivity index (χ0v) is 8.23. The monoisotopic (exact) mass is 192 g/mol. The first-order valence-electron chi connectivity index (χ1n) is 5.11. The maximum atomic E-state index is 6.15. The molecule has 1 fully saturated rings. The average molecular weight is 192 g/mol. The fourth-order valence-corrected chi connectivity index (χ4v) is 1.89. The number of aromatic nitrogens is 1. The van der Waals surface area contributed by atoms with Crippen LogP contribution >= 0.6 is 0 Å². The lowest BCUT2D eigenvalue weighted by Gasteiger charge is -2.27. The molecule has 1 aromatic rings. The molecule has 14 heavy (non-hydrogen) atoms. The molecule has 0 aromatic carbocycles. The van der Waals surface area contributed by atoms with Gasteiger partial charge in [0.15, 0.2) is 0 Å². The Bertz CT molecular complexity index is 270. The van der Waals surface area contributed by atoms with Crippen LogP contribution in [0.15, 0.2) is 24.5 Å². The molecule has 3 heteroatoms. The van der Waals surface area contributed by atoms with Gasteiger partial charge in [-0.25, -0.2) is 0 Å². The zero-order chi connectivity index (χ0) is 9.80. The molecule has 2 N–H and O–H groups in total. The van der Waals surface area contributed by atoms with E-state index in [1.54, 1.807) is 6.20 Å². The largest absolute Gasteiger partial charge is 0.381 e. The van der Waals surface area contributed by atoms with E-state index in [4.69, 9.17) is 10.5 Å². The Morgan fingerprint density at radius 3 is 3.14 bits per heavy atom. The number of hydrogen-bond acceptors (Lipinski definition) is 3. The Labute approximate surface area is 84.3 Å². The predicted molar refractivity (Wildman–Crippen MR) is 54.7 cm³/mol. The molecule has 2 heterocycles. The van der Waals surface area contributed by atoms with E-state index < -0.39 is 0 Å². The van der Waals surface area contributed by atoms with Crippen LogP contribution in [0.2, 0.25) is 0 Å². The number of rotatable bonds is 2. The molecule has 2 unspecified atom stereocenters. The Hall–Kier alpha value is -0.930. The van der Waals surface area contributed by atoms with Crippen LogP contribution in [-0.2, 0) is 4.74 Å². The van der Waals surface area contributed by atoms with Crippen molar-refractivity contribution in [1.29, 1.82) is 0 Å². The molecular formula is C11H16N2O.